The fourth-order valence-electron chi connectivity index (χ4n) is 3.92. The SMILES string of the molecule is CC(C)(C)OC(=O)N1[C@@H]2CC[C@H]1CC(O)(Cc1ccccn1)C2. The largest absolute Gasteiger partial charge is 0.444 e. The summed E-state index contributed by atoms with van der Waals surface area (Å²) in [6.07, 6.45) is 5.12. The molecule has 0 aliphatic carbocycles. The van der Waals surface area contributed by atoms with Crippen LogP contribution in [0.3, 0.4) is 0 Å². The van der Waals surface area contributed by atoms with Gasteiger partial charge in [0.15, 0.2) is 0 Å². The van der Waals surface area contributed by atoms with E-state index in [-0.39, 0.29) is 18.2 Å². The Kier molecular flexibility index (Phi) is 4.08. The summed E-state index contributed by atoms with van der Waals surface area (Å²) in [5.41, 5.74) is -0.364. The number of amides is 1. The molecule has 126 valence electrons. The van der Waals surface area contributed by atoms with Crippen LogP contribution < -0.4 is 0 Å². The molecule has 2 aliphatic rings. The predicted molar refractivity (Wildman–Crippen MR) is 87.0 cm³/mol. The summed E-state index contributed by atoms with van der Waals surface area (Å²) in [5.74, 6) is 0. The molecule has 1 N–H and O–H groups in total. The minimum Gasteiger partial charge on any atom is -0.444 e. The van der Waals surface area contributed by atoms with Gasteiger partial charge in [0.05, 0.1) is 5.60 Å². The standard InChI is InChI=1S/C18H26N2O3/c1-17(2,3)23-16(21)20-14-7-8-15(20)12-18(22,11-14)10-13-6-4-5-9-19-13/h4-6,9,14-15,22H,7-8,10-12H2,1-3H3/t14-,15+,18?. The molecule has 2 bridgehead atoms. The van der Waals surface area contributed by atoms with Gasteiger partial charge in [-0.15, -0.1) is 0 Å². The van der Waals surface area contributed by atoms with Gasteiger partial charge in [-0.25, -0.2) is 4.79 Å². The summed E-state index contributed by atoms with van der Waals surface area (Å²) in [4.78, 5) is 18.6. The van der Waals surface area contributed by atoms with Crippen LogP contribution in [-0.2, 0) is 11.2 Å². The van der Waals surface area contributed by atoms with Crippen LogP contribution in [0.2, 0.25) is 0 Å². The lowest BCUT2D eigenvalue weighted by atomic mass is 9.82. The first-order valence-corrected chi connectivity index (χ1v) is 8.39. The molecule has 0 spiro atoms. The fraction of sp³-hybridized carbons (Fsp3) is 0.667. The maximum Gasteiger partial charge on any atom is 0.410 e. The van der Waals surface area contributed by atoms with E-state index in [0.29, 0.717) is 19.3 Å². The minimum atomic E-state index is -0.779. The second-order valence-electron chi connectivity index (χ2n) is 7.90. The van der Waals surface area contributed by atoms with Gasteiger partial charge in [-0.2, -0.15) is 0 Å². The molecule has 0 radical (unpaired) electrons. The van der Waals surface area contributed by atoms with Gasteiger partial charge >= 0.3 is 6.09 Å². The Labute approximate surface area is 137 Å². The zero-order valence-electron chi connectivity index (χ0n) is 14.2. The van der Waals surface area contributed by atoms with Crippen molar-refractivity contribution in [1.82, 2.24) is 9.88 Å². The number of hydrogen-bond acceptors (Lipinski definition) is 4. The average Bonchev–Trinajstić information content (AvgIpc) is 2.71. The van der Waals surface area contributed by atoms with E-state index < -0.39 is 11.2 Å². The average molecular weight is 318 g/mol. The van der Waals surface area contributed by atoms with Crippen molar-refractivity contribution in [3.63, 3.8) is 0 Å². The molecule has 2 aliphatic heterocycles. The Balaban J connectivity index is 1.70. The zero-order valence-corrected chi connectivity index (χ0v) is 14.2. The van der Waals surface area contributed by atoms with Crippen LogP contribution in [0, 0.1) is 0 Å². The molecule has 0 saturated carbocycles. The van der Waals surface area contributed by atoms with Crippen LogP contribution in [0.5, 0.6) is 0 Å². The molecule has 1 aromatic rings. The summed E-state index contributed by atoms with van der Waals surface area (Å²) in [6.45, 7) is 5.65. The number of piperidine rings is 1. The van der Waals surface area contributed by atoms with Crippen LogP contribution in [-0.4, -0.2) is 44.4 Å². The Morgan fingerprint density at radius 2 is 2.00 bits per heavy atom. The molecule has 1 amide bonds. The predicted octanol–water partition coefficient (Wildman–Crippen LogP) is 2.92. The number of aliphatic hydroxyl groups is 1. The van der Waals surface area contributed by atoms with Gasteiger partial charge in [0, 0.05) is 30.4 Å². The molecule has 5 nitrogen and oxygen atoms in total. The van der Waals surface area contributed by atoms with E-state index in [4.69, 9.17) is 4.74 Å². The molecule has 23 heavy (non-hydrogen) atoms. The van der Waals surface area contributed by atoms with E-state index in [2.05, 4.69) is 4.98 Å². The Hall–Kier alpha value is -1.62. The Morgan fingerprint density at radius 3 is 2.52 bits per heavy atom. The van der Waals surface area contributed by atoms with E-state index in [0.717, 1.165) is 18.5 Å². The van der Waals surface area contributed by atoms with Gasteiger partial charge in [0.2, 0.25) is 0 Å². The van der Waals surface area contributed by atoms with Gasteiger partial charge in [-0.3, -0.25) is 4.98 Å². The summed E-state index contributed by atoms with van der Waals surface area (Å²) in [5, 5.41) is 11.0. The number of aromatic nitrogens is 1. The number of ether oxygens (including phenoxy) is 1. The smallest absolute Gasteiger partial charge is 0.410 e. The lowest BCUT2D eigenvalue weighted by Gasteiger charge is -2.43. The number of rotatable bonds is 2. The van der Waals surface area contributed by atoms with Crippen LogP contribution >= 0.6 is 0 Å². The molecular formula is C18H26N2O3. The van der Waals surface area contributed by atoms with Gasteiger partial charge in [0.1, 0.15) is 5.60 Å². The molecule has 3 atom stereocenters. The lowest BCUT2D eigenvalue weighted by Crippen LogP contribution is -2.55. The first-order chi connectivity index (χ1) is 10.8. The highest BCUT2D eigenvalue weighted by Gasteiger charge is 2.50. The van der Waals surface area contributed by atoms with E-state index in [1.54, 1.807) is 6.20 Å². The van der Waals surface area contributed by atoms with Crippen molar-refractivity contribution >= 4 is 6.09 Å². The Bertz CT molecular complexity index is 553. The van der Waals surface area contributed by atoms with E-state index in [1.165, 1.54) is 0 Å². The first kappa shape index (κ1) is 16.2. The van der Waals surface area contributed by atoms with Crippen molar-refractivity contribution in [3.8, 4) is 0 Å². The molecule has 2 fully saturated rings. The quantitative estimate of drug-likeness (QED) is 0.911. The highest BCUT2D eigenvalue weighted by Crippen LogP contribution is 2.42. The van der Waals surface area contributed by atoms with E-state index >= 15 is 0 Å². The molecule has 1 unspecified atom stereocenters. The highest BCUT2D eigenvalue weighted by molar-refractivity contribution is 5.69. The van der Waals surface area contributed by atoms with Crippen LogP contribution in [0.1, 0.15) is 52.1 Å². The molecular weight excluding hydrogens is 292 g/mol. The van der Waals surface area contributed by atoms with Crippen LogP contribution in [0.25, 0.3) is 0 Å². The monoisotopic (exact) mass is 318 g/mol. The molecule has 0 aromatic carbocycles. The second-order valence-corrected chi connectivity index (χ2v) is 7.90. The summed E-state index contributed by atoms with van der Waals surface area (Å²) in [7, 11) is 0. The zero-order chi connectivity index (χ0) is 16.7. The maximum absolute atomic E-state index is 12.5. The third-order valence-electron chi connectivity index (χ3n) is 4.69. The second kappa shape index (κ2) is 5.78. The van der Waals surface area contributed by atoms with Gasteiger partial charge in [0.25, 0.3) is 0 Å². The molecule has 5 heteroatoms. The topological polar surface area (TPSA) is 62.7 Å². The van der Waals surface area contributed by atoms with Crippen molar-refractivity contribution < 1.29 is 14.6 Å². The van der Waals surface area contributed by atoms with Gasteiger partial charge < -0.3 is 14.7 Å². The van der Waals surface area contributed by atoms with Crippen molar-refractivity contribution in [2.45, 2.75) is 76.2 Å². The third-order valence-corrected chi connectivity index (χ3v) is 4.69. The summed E-state index contributed by atoms with van der Waals surface area (Å²) >= 11 is 0. The number of fused-ring (bicyclic) bond motifs is 2. The number of nitrogens with zero attached hydrogens (tertiary/aromatic N) is 2. The van der Waals surface area contributed by atoms with Crippen molar-refractivity contribution in [1.29, 1.82) is 0 Å². The number of pyridine rings is 1. The number of hydrogen-bond donors (Lipinski definition) is 1. The van der Waals surface area contributed by atoms with Crippen molar-refractivity contribution in [2.75, 3.05) is 0 Å². The first-order valence-electron chi connectivity index (χ1n) is 8.39. The van der Waals surface area contributed by atoms with Gasteiger partial charge in [-0.1, -0.05) is 6.07 Å². The van der Waals surface area contributed by atoms with Crippen LogP contribution in [0.15, 0.2) is 24.4 Å². The minimum absolute atomic E-state index is 0.0670. The number of carbonyl (C=O) groups excluding carboxylic acids is 1. The molecule has 2 saturated heterocycles. The normalized spacial score (nSPS) is 30.3. The van der Waals surface area contributed by atoms with Crippen LogP contribution in [0.4, 0.5) is 4.79 Å². The summed E-state index contributed by atoms with van der Waals surface area (Å²) in [6, 6.07) is 5.90. The molecule has 3 heterocycles. The molecule has 1 aromatic heterocycles. The van der Waals surface area contributed by atoms with E-state index in [1.807, 2.05) is 43.9 Å². The van der Waals surface area contributed by atoms with Crippen molar-refractivity contribution in [3.05, 3.63) is 30.1 Å². The number of carbonyl (C=O) groups is 1. The highest BCUT2D eigenvalue weighted by atomic mass is 16.6. The fourth-order valence-corrected chi connectivity index (χ4v) is 3.92. The van der Waals surface area contributed by atoms with Gasteiger partial charge in [-0.05, 0) is 58.6 Å². The molecule has 3 rings (SSSR count). The Morgan fingerprint density at radius 1 is 1.35 bits per heavy atom. The summed E-state index contributed by atoms with van der Waals surface area (Å²) < 4.78 is 5.54. The maximum atomic E-state index is 12.5. The third kappa shape index (κ3) is 3.66. The lowest BCUT2D eigenvalue weighted by molar-refractivity contribution is -0.0583. The van der Waals surface area contributed by atoms with E-state index in [9.17, 15) is 9.90 Å². The van der Waals surface area contributed by atoms with Crippen molar-refractivity contribution in [2.24, 2.45) is 0 Å².